The smallest absolute Gasteiger partial charge is 0.238 e. The van der Waals surface area contributed by atoms with Gasteiger partial charge in [-0.2, -0.15) is 0 Å². The first kappa shape index (κ1) is 13.7. The van der Waals surface area contributed by atoms with E-state index in [9.17, 15) is 4.79 Å². The summed E-state index contributed by atoms with van der Waals surface area (Å²) in [5, 5.41) is 3.85. The SMILES string of the molecule is CCN(CC)N(C(C)=O)c1c(C)cccc1C. The van der Waals surface area contributed by atoms with Crippen molar-refractivity contribution in [2.24, 2.45) is 0 Å². The first-order chi connectivity index (χ1) is 8.02. The Balaban J connectivity index is 3.27. The molecule has 0 bridgehead atoms. The number of hydrogen-bond donors (Lipinski definition) is 0. The molecule has 0 fully saturated rings. The predicted octanol–water partition coefficient (Wildman–Crippen LogP) is 2.91. The van der Waals surface area contributed by atoms with Crippen LogP contribution in [-0.2, 0) is 4.79 Å². The number of nitrogens with zero attached hydrogens (tertiary/aromatic N) is 2. The van der Waals surface area contributed by atoms with Crippen LogP contribution in [0.2, 0.25) is 0 Å². The van der Waals surface area contributed by atoms with Crippen molar-refractivity contribution in [2.75, 3.05) is 18.1 Å². The van der Waals surface area contributed by atoms with Gasteiger partial charge in [-0.15, -0.1) is 0 Å². The summed E-state index contributed by atoms with van der Waals surface area (Å²) in [5.74, 6) is 0.0612. The molecular formula is C14H22N2O. The minimum atomic E-state index is 0.0612. The monoisotopic (exact) mass is 234 g/mol. The highest BCUT2D eigenvalue weighted by Crippen LogP contribution is 2.26. The van der Waals surface area contributed by atoms with Gasteiger partial charge in [0.15, 0.2) is 0 Å². The molecule has 0 aliphatic heterocycles. The number of carbonyl (C=O) groups is 1. The van der Waals surface area contributed by atoms with Crippen molar-refractivity contribution >= 4 is 11.6 Å². The van der Waals surface area contributed by atoms with Crippen LogP contribution < -0.4 is 5.01 Å². The molecule has 0 saturated carbocycles. The molecule has 0 N–H and O–H groups in total. The minimum Gasteiger partial charge on any atom is -0.273 e. The number of para-hydroxylation sites is 1. The highest BCUT2D eigenvalue weighted by Gasteiger charge is 2.20. The van der Waals surface area contributed by atoms with E-state index in [4.69, 9.17) is 0 Å². The Morgan fingerprint density at radius 1 is 1.12 bits per heavy atom. The largest absolute Gasteiger partial charge is 0.273 e. The van der Waals surface area contributed by atoms with Crippen molar-refractivity contribution in [3.05, 3.63) is 29.3 Å². The third-order valence-electron chi connectivity index (χ3n) is 2.96. The van der Waals surface area contributed by atoms with E-state index in [0.717, 1.165) is 29.9 Å². The lowest BCUT2D eigenvalue weighted by Crippen LogP contribution is -2.46. The van der Waals surface area contributed by atoms with Crippen LogP contribution in [-0.4, -0.2) is 24.0 Å². The lowest BCUT2D eigenvalue weighted by atomic mass is 10.1. The van der Waals surface area contributed by atoms with Gasteiger partial charge in [0, 0.05) is 20.0 Å². The van der Waals surface area contributed by atoms with Crippen molar-refractivity contribution in [1.82, 2.24) is 5.01 Å². The average molecular weight is 234 g/mol. The molecule has 1 aromatic carbocycles. The van der Waals surface area contributed by atoms with E-state index in [0.29, 0.717) is 0 Å². The van der Waals surface area contributed by atoms with Crippen LogP contribution >= 0.6 is 0 Å². The fourth-order valence-electron chi connectivity index (χ4n) is 2.14. The zero-order valence-electron chi connectivity index (χ0n) is 11.4. The van der Waals surface area contributed by atoms with Crippen LogP contribution in [0.3, 0.4) is 0 Å². The molecule has 1 rings (SSSR count). The van der Waals surface area contributed by atoms with Gasteiger partial charge in [0.25, 0.3) is 0 Å². The molecule has 0 atom stereocenters. The second-order valence-corrected chi connectivity index (χ2v) is 4.21. The maximum absolute atomic E-state index is 11.9. The summed E-state index contributed by atoms with van der Waals surface area (Å²) in [5.41, 5.74) is 3.28. The Labute approximate surface area is 104 Å². The Morgan fingerprint density at radius 3 is 1.94 bits per heavy atom. The fraction of sp³-hybridized carbons (Fsp3) is 0.500. The molecule has 1 amide bonds. The number of benzene rings is 1. The minimum absolute atomic E-state index is 0.0612. The highest BCUT2D eigenvalue weighted by atomic mass is 16.2. The van der Waals surface area contributed by atoms with Crippen molar-refractivity contribution in [3.8, 4) is 0 Å². The van der Waals surface area contributed by atoms with Gasteiger partial charge in [0.05, 0.1) is 5.69 Å². The number of rotatable bonds is 4. The van der Waals surface area contributed by atoms with E-state index < -0.39 is 0 Å². The third-order valence-corrected chi connectivity index (χ3v) is 2.96. The average Bonchev–Trinajstić information content (AvgIpc) is 2.27. The molecule has 3 heteroatoms. The van der Waals surface area contributed by atoms with E-state index in [2.05, 4.69) is 18.9 Å². The number of hydrogen-bond acceptors (Lipinski definition) is 2. The summed E-state index contributed by atoms with van der Waals surface area (Å²) in [4.78, 5) is 11.9. The first-order valence-corrected chi connectivity index (χ1v) is 6.14. The van der Waals surface area contributed by atoms with Crippen molar-refractivity contribution < 1.29 is 4.79 Å². The molecular weight excluding hydrogens is 212 g/mol. The van der Waals surface area contributed by atoms with Gasteiger partial charge in [-0.1, -0.05) is 32.0 Å². The third kappa shape index (κ3) is 2.86. The molecule has 0 aliphatic rings. The Bertz CT molecular complexity index is 377. The number of aryl methyl sites for hydroxylation is 2. The van der Waals surface area contributed by atoms with E-state index >= 15 is 0 Å². The normalized spacial score (nSPS) is 10.7. The van der Waals surface area contributed by atoms with Crippen LogP contribution in [0.15, 0.2) is 18.2 Å². The van der Waals surface area contributed by atoms with Gasteiger partial charge < -0.3 is 0 Å². The summed E-state index contributed by atoms with van der Waals surface area (Å²) in [7, 11) is 0. The van der Waals surface area contributed by atoms with E-state index in [-0.39, 0.29) is 5.91 Å². The quantitative estimate of drug-likeness (QED) is 0.748. The Morgan fingerprint density at radius 2 is 1.59 bits per heavy atom. The molecule has 1 aromatic rings. The fourth-order valence-corrected chi connectivity index (χ4v) is 2.14. The number of anilines is 1. The summed E-state index contributed by atoms with van der Waals surface area (Å²) >= 11 is 0. The lowest BCUT2D eigenvalue weighted by molar-refractivity contribution is -0.119. The van der Waals surface area contributed by atoms with Crippen molar-refractivity contribution in [2.45, 2.75) is 34.6 Å². The Kier molecular flexibility index (Phi) is 4.70. The second-order valence-electron chi connectivity index (χ2n) is 4.21. The molecule has 0 radical (unpaired) electrons. The molecule has 0 spiro atoms. The summed E-state index contributed by atoms with van der Waals surface area (Å²) < 4.78 is 0. The molecule has 0 aliphatic carbocycles. The molecule has 3 nitrogen and oxygen atoms in total. The topological polar surface area (TPSA) is 23.6 Å². The number of carbonyl (C=O) groups excluding carboxylic acids is 1. The molecule has 94 valence electrons. The highest BCUT2D eigenvalue weighted by molar-refractivity contribution is 5.92. The molecule has 0 aromatic heterocycles. The van der Waals surface area contributed by atoms with Crippen LogP contribution in [0.1, 0.15) is 31.9 Å². The van der Waals surface area contributed by atoms with Crippen LogP contribution in [0.25, 0.3) is 0 Å². The van der Waals surface area contributed by atoms with Gasteiger partial charge in [0.2, 0.25) is 5.91 Å². The lowest BCUT2D eigenvalue weighted by Gasteiger charge is -2.34. The standard InChI is InChI=1S/C14H22N2O/c1-6-15(7-2)16(13(5)17)14-11(3)9-8-10-12(14)4/h8-10H,6-7H2,1-5H3. The van der Waals surface area contributed by atoms with Crippen LogP contribution in [0.5, 0.6) is 0 Å². The van der Waals surface area contributed by atoms with Gasteiger partial charge in [-0.25, -0.2) is 10.0 Å². The maximum atomic E-state index is 11.9. The molecule has 17 heavy (non-hydrogen) atoms. The summed E-state index contributed by atoms with van der Waals surface area (Å²) in [6.07, 6.45) is 0. The molecule has 0 unspecified atom stereocenters. The Hall–Kier alpha value is -1.35. The first-order valence-electron chi connectivity index (χ1n) is 6.14. The van der Waals surface area contributed by atoms with E-state index in [1.807, 2.05) is 32.0 Å². The van der Waals surface area contributed by atoms with Gasteiger partial charge in [-0.3, -0.25) is 4.79 Å². The number of hydrazine groups is 1. The molecule has 0 saturated heterocycles. The van der Waals surface area contributed by atoms with E-state index in [1.54, 1.807) is 11.9 Å². The van der Waals surface area contributed by atoms with E-state index in [1.165, 1.54) is 0 Å². The van der Waals surface area contributed by atoms with Gasteiger partial charge in [0.1, 0.15) is 0 Å². The molecule has 0 heterocycles. The summed E-state index contributed by atoms with van der Waals surface area (Å²) in [6.45, 7) is 11.5. The van der Waals surface area contributed by atoms with Crippen LogP contribution in [0.4, 0.5) is 5.69 Å². The van der Waals surface area contributed by atoms with Gasteiger partial charge in [-0.05, 0) is 25.0 Å². The van der Waals surface area contributed by atoms with Crippen LogP contribution in [0, 0.1) is 13.8 Å². The second kappa shape index (κ2) is 5.82. The van der Waals surface area contributed by atoms with Crippen molar-refractivity contribution in [1.29, 1.82) is 0 Å². The van der Waals surface area contributed by atoms with Gasteiger partial charge >= 0.3 is 0 Å². The summed E-state index contributed by atoms with van der Waals surface area (Å²) in [6, 6.07) is 6.11. The zero-order valence-corrected chi connectivity index (χ0v) is 11.4. The zero-order chi connectivity index (χ0) is 13.0. The number of amides is 1. The van der Waals surface area contributed by atoms with Crippen molar-refractivity contribution in [3.63, 3.8) is 0 Å². The predicted molar refractivity (Wildman–Crippen MR) is 72.0 cm³/mol. The maximum Gasteiger partial charge on any atom is 0.238 e.